The summed E-state index contributed by atoms with van der Waals surface area (Å²) in [6.07, 6.45) is 2.19. The second-order valence-electron chi connectivity index (χ2n) is 5.20. The molecule has 0 bridgehead atoms. The summed E-state index contributed by atoms with van der Waals surface area (Å²) in [6.45, 7) is 8.89. The third-order valence-corrected chi connectivity index (χ3v) is 4.91. The molecule has 2 rings (SSSR count). The van der Waals surface area contributed by atoms with Crippen LogP contribution in [0.5, 0.6) is 0 Å². The maximum absolute atomic E-state index is 6.10. The number of hydrogen-bond donors (Lipinski definition) is 1. The third-order valence-electron chi connectivity index (χ3n) is 4.08. The van der Waals surface area contributed by atoms with Crippen LogP contribution in [0.3, 0.4) is 0 Å². The molecular weight excluding hydrogens is 230 g/mol. The van der Waals surface area contributed by atoms with Gasteiger partial charge in [0.25, 0.3) is 0 Å². The Balaban J connectivity index is 1.87. The van der Waals surface area contributed by atoms with Crippen LogP contribution in [0.1, 0.15) is 31.0 Å². The first-order valence-corrected chi connectivity index (χ1v) is 7.36. The van der Waals surface area contributed by atoms with Crippen LogP contribution < -0.4 is 5.73 Å². The minimum absolute atomic E-state index is 0.378. The Kier molecular flexibility index (Phi) is 4.17. The molecule has 3 nitrogen and oxygen atoms in total. The zero-order chi connectivity index (χ0) is 12.4. The van der Waals surface area contributed by atoms with E-state index >= 15 is 0 Å². The molecule has 0 saturated carbocycles. The minimum Gasteiger partial charge on any atom is -0.327 e. The van der Waals surface area contributed by atoms with Crippen molar-refractivity contribution < 1.29 is 0 Å². The lowest BCUT2D eigenvalue weighted by molar-refractivity contribution is 0.0990. The standard InChI is InChI=1S/C13H23N3S/c1-9-10(2)16(7-5-13(9)14)6-4-12-8-17-11(3)15-12/h8-10,13H,4-7,14H2,1-3H3. The minimum atomic E-state index is 0.378. The van der Waals surface area contributed by atoms with E-state index < -0.39 is 0 Å². The molecule has 0 spiro atoms. The Labute approximate surface area is 108 Å². The van der Waals surface area contributed by atoms with Gasteiger partial charge >= 0.3 is 0 Å². The molecule has 1 aliphatic rings. The van der Waals surface area contributed by atoms with E-state index in [0.29, 0.717) is 18.0 Å². The third kappa shape index (κ3) is 3.06. The normalized spacial score (nSPS) is 30.7. The molecule has 2 heterocycles. The topological polar surface area (TPSA) is 42.2 Å². The van der Waals surface area contributed by atoms with Crippen molar-refractivity contribution >= 4 is 11.3 Å². The number of thiazole rings is 1. The summed E-state index contributed by atoms with van der Waals surface area (Å²) in [7, 11) is 0. The van der Waals surface area contributed by atoms with Crippen molar-refractivity contribution in [3.8, 4) is 0 Å². The number of piperidine rings is 1. The lowest BCUT2D eigenvalue weighted by Crippen LogP contribution is -2.52. The van der Waals surface area contributed by atoms with E-state index in [1.54, 1.807) is 11.3 Å². The average molecular weight is 253 g/mol. The number of hydrogen-bond acceptors (Lipinski definition) is 4. The van der Waals surface area contributed by atoms with Gasteiger partial charge in [-0.25, -0.2) is 4.98 Å². The molecule has 1 aromatic rings. The highest BCUT2D eigenvalue weighted by Gasteiger charge is 2.29. The van der Waals surface area contributed by atoms with Crippen LogP contribution in [0, 0.1) is 12.8 Å². The van der Waals surface area contributed by atoms with E-state index in [-0.39, 0.29) is 0 Å². The molecule has 4 heteroatoms. The van der Waals surface area contributed by atoms with Crippen LogP contribution in [-0.2, 0) is 6.42 Å². The van der Waals surface area contributed by atoms with E-state index in [9.17, 15) is 0 Å². The molecule has 1 aromatic heterocycles. The Bertz CT molecular complexity index is 363. The first kappa shape index (κ1) is 13.0. The largest absolute Gasteiger partial charge is 0.327 e. The van der Waals surface area contributed by atoms with Crippen LogP contribution in [0.2, 0.25) is 0 Å². The summed E-state index contributed by atoms with van der Waals surface area (Å²) >= 11 is 1.74. The summed E-state index contributed by atoms with van der Waals surface area (Å²) < 4.78 is 0. The van der Waals surface area contributed by atoms with E-state index in [1.807, 2.05) is 0 Å². The summed E-state index contributed by atoms with van der Waals surface area (Å²) in [5.74, 6) is 0.598. The van der Waals surface area contributed by atoms with Crippen molar-refractivity contribution in [2.24, 2.45) is 11.7 Å². The van der Waals surface area contributed by atoms with Gasteiger partial charge in [0, 0.05) is 30.4 Å². The van der Waals surface area contributed by atoms with Crippen LogP contribution in [-0.4, -0.2) is 35.1 Å². The molecule has 3 atom stereocenters. The number of nitrogens with zero attached hydrogens (tertiary/aromatic N) is 2. The molecule has 0 aliphatic carbocycles. The van der Waals surface area contributed by atoms with Crippen molar-refractivity contribution in [3.63, 3.8) is 0 Å². The Morgan fingerprint density at radius 1 is 1.53 bits per heavy atom. The molecule has 96 valence electrons. The smallest absolute Gasteiger partial charge is 0.0897 e. The first-order valence-electron chi connectivity index (χ1n) is 6.48. The second-order valence-corrected chi connectivity index (χ2v) is 6.26. The molecule has 17 heavy (non-hydrogen) atoms. The molecule has 0 radical (unpaired) electrons. The Morgan fingerprint density at radius 2 is 2.29 bits per heavy atom. The molecule has 2 N–H and O–H groups in total. The van der Waals surface area contributed by atoms with Gasteiger partial charge < -0.3 is 5.73 Å². The van der Waals surface area contributed by atoms with Crippen molar-refractivity contribution in [1.82, 2.24) is 9.88 Å². The fourth-order valence-corrected chi connectivity index (χ4v) is 3.22. The highest BCUT2D eigenvalue weighted by molar-refractivity contribution is 7.09. The second kappa shape index (κ2) is 5.46. The Hall–Kier alpha value is -0.450. The summed E-state index contributed by atoms with van der Waals surface area (Å²) in [6, 6.07) is 0.973. The highest BCUT2D eigenvalue weighted by Crippen LogP contribution is 2.22. The lowest BCUT2D eigenvalue weighted by Gasteiger charge is -2.41. The summed E-state index contributed by atoms with van der Waals surface area (Å²) in [4.78, 5) is 7.08. The van der Waals surface area contributed by atoms with E-state index in [2.05, 4.69) is 36.0 Å². The monoisotopic (exact) mass is 253 g/mol. The van der Waals surface area contributed by atoms with E-state index in [1.165, 1.54) is 10.7 Å². The van der Waals surface area contributed by atoms with E-state index in [0.717, 1.165) is 25.9 Å². The maximum Gasteiger partial charge on any atom is 0.0897 e. The van der Waals surface area contributed by atoms with Crippen LogP contribution in [0.15, 0.2) is 5.38 Å². The predicted molar refractivity (Wildman–Crippen MR) is 73.3 cm³/mol. The molecule has 1 aliphatic heterocycles. The maximum atomic E-state index is 6.10. The van der Waals surface area contributed by atoms with Gasteiger partial charge in [-0.3, -0.25) is 4.90 Å². The lowest BCUT2D eigenvalue weighted by atomic mass is 9.87. The number of likely N-dealkylation sites (tertiary alicyclic amines) is 1. The van der Waals surface area contributed by atoms with Gasteiger partial charge in [0.2, 0.25) is 0 Å². The van der Waals surface area contributed by atoms with Crippen LogP contribution in [0.25, 0.3) is 0 Å². The zero-order valence-electron chi connectivity index (χ0n) is 11.0. The number of aryl methyl sites for hydroxylation is 1. The van der Waals surface area contributed by atoms with Crippen LogP contribution in [0.4, 0.5) is 0 Å². The summed E-state index contributed by atoms with van der Waals surface area (Å²) in [5, 5.41) is 3.35. The van der Waals surface area contributed by atoms with Crippen LogP contribution >= 0.6 is 11.3 Å². The fourth-order valence-electron chi connectivity index (χ4n) is 2.57. The van der Waals surface area contributed by atoms with Gasteiger partial charge in [-0.2, -0.15) is 0 Å². The molecule has 1 fully saturated rings. The van der Waals surface area contributed by atoms with Gasteiger partial charge in [0.15, 0.2) is 0 Å². The molecule has 1 saturated heterocycles. The highest BCUT2D eigenvalue weighted by atomic mass is 32.1. The van der Waals surface area contributed by atoms with Gasteiger partial charge in [0.1, 0.15) is 0 Å². The van der Waals surface area contributed by atoms with E-state index in [4.69, 9.17) is 5.73 Å². The number of rotatable bonds is 3. The predicted octanol–water partition coefficient (Wildman–Crippen LogP) is 2.05. The quantitative estimate of drug-likeness (QED) is 0.896. The SMILES string of the molecule is Cc1nc(CCN2CCC(N)C(C)C2C)cs1. The van der Waals surface area contributed by atoms with Gasteiger partial charge in [-0.15, -0.1) is 11.3 Å². The molecular formula is C13H23N3S. The molecule has 0 aromatic carbocycles. The molecule has 0 amide bonds. The average Bonchev–Trinajstić information content (AvgIpc) is 2.71. The van der Waals surface area contributed by atoms with Gasteiger partial charge in [-0.1, -0.05) is 6.92 Å². The first-order chi connectivity index (χ1) is 8.08. The van der Waals surface area contributed by atoms with Gasteiger partial charge in [-0.05, 0) is 32.7 Å². The van der Waals surface area contributed by atoms with Crippen molar-refractivity contribution in [2.75, 3.05) is 13.1 Å². The number of nitrogens with two attached hydrogens (primary N) is 1. The molecule has 3 unspecified atom stereocenters. The van der Waals surface area contributed by atoms with Crippen molar-refractivity contribution in [3.05, 3.63) is 16.1 Å². The fraction of sp³-hybridized carbons (Fsp3) is 0.769. The number of aromatic nitrogens is 1. The van der Waals surface area contributed by atoms with Gasteiger partial charge in [0.05, 0.1) is 10.7 Å². The van der Waals surface area contributed by atoms with Crippen molar-refractivity contribution in [2.45, 2.75) is 45.7 Å². The summed E-state index contributed by atoms with van der Waals surface area (Å²) in [5.41, 5.74) is 7.34. The zero-order valence-corrected chi connectivity index (χ0v) is 11.8. The Morgan fingerprint density at radius 3 is 2.94 bits per heavy atom. The van der Waals surface area contributed by atoms with Crippen molar-refractivity contribution in [1.29, 1.82) is 0 Å².